The van der Waals surface area contributed by atoms with Gasteiger partial charge in [-0.25, -0.2) is 4.79 Å². The molecule has 1 aromatic rings. The Labute approximate surface area is 137 Å². The predicted octanol–water partition coefficient (Wildman–Crippen LogP) is 1.45. The number of likely N-dealkylation sites (N-methyl/N-ethyl adjacent to an activating group) is 1. The van der Waals surface area contributed by atoms with Crippen LogP contribution < -0.4 is 16.4 Å². The van der Waals surface area contributed by atoms with Gasteiger partial charge in [-0.05, 0) is 18.2 Å². The van der Waals surface area contributed by atoms with Crippen molar-refractivity contribution in [2.24, 2.45) is 5.73 Å². The molecule has 0 atom stereocenters. The number of rotatable bonds is 6. The van der Waals surface area contributed by atoms with Crippen LogP contribution in [-0.2, 0) is 9.59 Å². The fourth-order valence-corrected chi connectivity index (χ4v) is 1.86. The molecule has 7 nitrogen and oxygen atoms in total. The molecule has 9 heteroatoms. The highest BCUT2D eigenvalue weighted by Crippen LogP contribution is 2.24. The highest BCUT2D eigenvalue weighted by Gasteiger charge is 2.13. The number of nitrogens with one attached hydrogen (secondary N) is 2. The summed E-state index contributed by atoms with van der Waals surface area (Å²) in [5.74, 6) is -0.671. The lowest BCUT2D eigenvalue weighted by atomic mass is 10.3. The lowest BCUT2D eigenvalue weighted by Gasteiger charge is -2.17. The summed E-state index contributed by atoms with van der Waals surface area (Å²) in [7, 11) is 1.49. The maximum absolute atomic E-state index is 11.8. The summed E-state index contributed by atoms with van der Waals surface area (Å²) in [5.41, 5.74) is 5.37. The highest BCUT2D eigenvalue weighted by atomic mass is 35.5. The molecule has 0 unspecified atom stereocenters. The number of primary amides is 1. The number of urea groups is 1. The Hall–Kier alpha value is -1.99. The molecule has 120 valence electrons. The van der Waals surface area contributed by atoms with Gasteiger partial charge in [-0.1, -0.05) is 23.2 Å². The van der Waals surface area contributed by atoms with Gasteiger partial charge < -0.3 is 21.3 Å². The third-order valence-electron chi connectivity index (χ3n) is 2.65. The first-order chi connectivity index (χ1) is 10.3. The van der Waals surface area contributed by atoms with Crippen LogP contribution in [0.2, 0.25) is 10.0 Å². The zero-order chi connectivity index (χ0) is 16.7. The van der Waals surface area contributed by atoms with E-state index in [2.05, 4.69) is 10.6 Å². The Morgan fingerprint density at radius 2 is 1.91 bits per heavy atom. The normalized spacial score (nSPS) is 9.95. The van der Waals surface area contributed by atoms with Gasteiger partial charge in [0.2, 0.25) is 11.8 Å². The Kier molecular flexibility index (Phi) is 6.94. The second-order valence-electron chi connectivity index (χ2n) is 4.47. The van der Waals surface area contributed by atoms with E-state index in [4.69, 9.17) is 28.9 Å². The number of carbonyl (C=O) groups excluding carboxylic acids is 3. The minimum Gasteiger partial charge on any atom is -0.352 e. The molecule has 0 saturated heterocycles. The average Bonchev–Trinajstić information content (AvgIpc) is 2.42. The van der Waals surface area contributed by atoms with Crippen molar-refractivity contribution in [3.63, 3.8) is 0 Å². The molecule has 0 aliphatic rings. The summed E-state index contributed by atoms with van der Waals surface area (Å²) in [5, 5.41) is 5.61. The Balaban J connectivity index is 2.44. The van der Waals surface area contributed by atoms with Crippen molar-refractivity contribution >= 4 is 46.7 Å². The molecule has 0 saturated carbocycles. The summed E-state index contributed by atoms with van der Waals surface area (Å²) < 4.78 is 0. The van der Waals surface area contributed by atoms with E-state index in [1.54, 1.807) is 12.1 Å². The lowest BCUT2D eigenvalue weighted by Crippen LogP contribution is -2.38. The lowest BCUT2D eigenvalue weighted by molar-refractivity contribution is -0.133. The zero-order valence-corrected chi connectivity index (χ0v) is 13.4. The summed E-state index contributed by atoms with van der Waals surface area (Å²) in [4.78, 5) is 35.3. The van der Waals surface area contributed by atoms with Crippen molar-refractivity contribution in [2.45, 2.75) is 6.42 Å². The van der Waals surface area contributed by atoms with E-state index in [1.165, 1.54) is 18.0 Å². The average molecular weight is 347 g/mol. The number of amides is 4. The first-order valence-corrected chi connectivity index (χ1v) is 7.07. The number of carbonyl (C=O) groups is 3. The molecule has 0 radical (unpaired) electrons. The van der Waals surface area contributed by atoms with E-state index in [0.29, 0.717) is 15.7 Å². The van der Waals surface area contributed by atoms with Gasteiger partial charge in [-0.15, -0.1) is 0 Å². The Bertz CT molecular complexity index is 580. The molecule has 0 spiro atoms. The van der Waals surface area contributed by atoms with Crippen molar-refractivity contribution in [1.29, 1.82) is 0 Å². The number of halogens is 2. The van der Waals surface area contributed by atoms with E-state index < -0.39 is 6.03 Å². The molecule has 0 fully saturated rings. The van der Waals surface area contributed by atoms with Crippen LogP contribution in [0.25, 0.3) is 0 Å². The van der Waals surface area contributed by atoms with E-state index in [9.17, 15) is 14.4 Å². The van der Waals surface area contributed by atoms with E-state index in [-0.39, 0.29) is 31.3 Å². The van der Waals surface area contributed by atoms with Gasteiger partial charge in [-0.3, -0.25) is 9.59 Å². The fraction of sp³-hybridized carbons (Fsp3) is 0.308. The van der Waals surface area contributed by atoms with Crippen molar-refractivity contribution in [3.05, 3.63) is 28.2 Å². The molecule has 22 heavy (non-hydrogen) atoms. The van der Waals surface area contributed by atoms with Crippen LogP contribution in [0.4, 0.5) is 10.5 Å². The van der Waals surface area contributed by atoms with E-state index >= 15 is 0 Å². The molecule has 0 bridgehead atoms. The third-order valence-corrected chi connectivity index (χ3v) is 3.39. The molecule has 1 aromatic carbocycles. The number of benzene rings is 1. The maximum Gasteiger partial charge on any atom is 0.312 e. The van der Waals surface area contributed by atoms with Gasteiger partial charge in [-0.2, -0.15) is 0 Å². The highest BCUT2D eigenvalue weighted by molar-refractivity contribution is 6.42. The molecular weight excluding hydrogens is 331 g/mol. The molecule has 1 rings (SSSR count). The number of nitrogens with zero attached hydrogens (tertiary/aromatic N) is 1. The fourth-order valence-electron chi connectivity index (χ4n) is 1.56. The Morgan fingerprint density at radius 1 is 1.23 bits per heavy atom. The second kappa shape index (κ2) is 8.45. The number of nitrogens with two attached hydrogens (primary N) is 1. The monoisotopic (exact) mass is 346 g/mol. The van der Waals surface area contributed by atoms with Gasteiger partial charge in [0.1, 0.15) is 0 Å². The number of hydrogen-bond donors (Lipinski definition) is 3. The van der Waals surface area contributed by atoms with Crippen molar-refractivity contribution in [1.82, 2.24) is 10.2 Å². The molecule has 4 amide bonds. The van der Waals surface area contributed by atoms with Crippen LogP contribution in [0.1, 0.15) is 6.42 Å². The summed E-state index contributed by atoms with van der Waals surface area (Å²) >= 11 is 11.6. The molecule has 0 aromatic heterocycles. The first kappa shape index (κ1) is 18.1. The van der Waals surface area contributed by atoms with Crippen LogP contribution in [0, 0.1) is 0 Å². The van der Waals surface area contributed by atoms with Crippen molar-refractivity contribution in [2.75, 3.05) is 25.5 Å². The van der Waals surface area contributed by atoms with Gasteiger partial charge in [0.15, 0.2) is 0 Å². The second-order valence-corrected chi connectivity index (χ2v) is 5.28. The van der Waals surface area contributed by atoms with Crippen LogP contribution in [0.3, 0.4) is 0 Å². The SMILES string of the molecule is CN(CC(=O)Nc1ccc(Cl)c(Cl)c1)C(=O)CCNC(N)=O. The quantitative estimate of drug-likeness (QED) is 0.725. The minimum absolute atomic E-state index is 0.0551. The smallest absolute Gasteiger partial charge is 0.312 e. The largest absolute Gasteiger partial charge is 0.352 e. The van der Waals surface area contributed by atoms with Crippen LogP contribution in [-0.4, -0.2) is 42.9 Å². The van der Waals surface area contributed by atoms with Gasteiger partial charge in [0.05, 0.1) is 16.6 Å². The van der Waals surface area contributed by atoms with Crippen LogP contribution in [0.5, 0.6) is 0 Å². The third kappa shape index (κ3) is 6.19. The molecular formula is C13H16Cl2N4O3. The van der Waals surface area contributed by atoms with E-state index in [0.717, 1.165) is 0 Å². The van der Waals surface area contributed by atoms with Crippen molar-refractivity contribution < 1.29 is 14.4 Å². The topological polar surface area (TPSA) is 105 Å². The van der Waals surface area contributed by atoms with Crippen LogP contribution >= 0.6 is 23.2 Å². The predicted molar refractivity (Wildman–Crippen MR) is 84.9 cm³/mol. The molecule has 0 aliphatic carbocycles. The Morgan fingerprint density at radius 3 is 2.50 bits per heavy atom. The molecule has 4 N–H and O–H groups in total. The summed E-state index contributed by atoms with van der Waals surface area (Å²) in [6, 6.07) is 3.97. The van der Waals surface area contributed by atoms with E-state index in [1.807, 2.05) is 0 Å². The van der Waals surface area contributed by atoms with Crippen LogP contribution in [0.15, 0.2) is 18.2 Å². The maximum atomic E-state index is 11.8. The first-order valence-electron chi connectivity index (χ1n) is 6.31. The van der Waals surface area contributed by atoms with Gasteiger partial charge >= 0.3 is 6.03 Å². The minimum atomic E-state index is -0.701. The summed E-state index contributed by atoms with van der Waals surface area (Å²) in [6.45, 7) is -0.0113. The zero-order valence-electron chi connectivity index (χ0n) is 11.9. The van der Waals surface area contributed by atoms with Crippen molar-refractivity contribution in [3.8, 4) is 0 Å². The number of anilines is 1. The number of hydrogen-bond acceptors (Lipinski definition) is 3. The molecule has 0 aliphatic heterocycles. The standard InChI is InChI=1S/C13H16Cl2N4O3/c1-19(12(21)4-5-17-13(16)22)7-11(20)18-8-2-3-9(14)10(15)6-8/h2-3,6H,4-5,7H2,1H3,(H,18,20)(H3,16,17,22). The molecule has 0 heterocycles. The van der Waals surface area contributed by atoms with Gasteiger partial charge in [0.25, 0.3) is 0 Å². The summed E-state index contributed by atoms with van der Waals surface area (Å²) in [6.07, 6.45) is 0.0551. The van der Waals surface area contributed by atoms with Gasteiger partial charge in [0, 0.05) is 25.7 Å².